The predicted octanol–water partition coefficient (Wildman–Crippen LogP) is 5.23. The number of hydrogen-bond acceptors (Lipinski definition) is 6. The highest BCUT2D eigenvalue weighted by atomic mass is 27.3. The lowest BCUT2D eigenvalue weighted by atomic mass is 10.1. The van der Waals surface area contributed by atoms with Crippen molar-refractivity contribution < 1.29 is 25.7 Å². The number of hydrogen-bond donors (Lipinski definition) is 0. The van der Waals surface area contributed by atoms with Crippen molar-refractivity contribution in [2.75, 3.05) is 0 Å². The summed E-state index contributed by atoms with van der Waals surface area (Å²) in [7, 11) is 0. The van der Waals surface area contributed by atoms with Gasteiger partial charge in [-0.25, -0.2) is 14.4 Å². The molecule has 0 saturated carbocycles. The highest BCUT2D eigenvalue weighted by Gasteiger charge is 2.49. The van der Waals surface area contributed by atoms with E-state index in [1.54, 1.807) is 36.4 Å². The Bertz CT molecular complexity index is 975. The molecule has 174 valence electrons. The van der Waals surface area contributed by atoms with Gasteiger partial charge in [0.15, 0.2) is 0 Å². The fourth-order valence-corrected chi connectivity index (χ4v) is 4.25. The molecule has 0 aliphatic rings. The Morgan fingerprint density at radius 1 is 0.500 bits per heavy atom. The maximum absolute atomic E-state index is 12.7. The Labute approximate surface area is 204 Å². The first-order valence-corrected chi connectivity index (χ1v) is 12.7. The molecule has 0 atom stereocenters. The van der Waals surface area contributed by atoms with Crippen LogP contribution in [0.2, 0.25) is 0 Å². The number of rotatable bonds is 9. The molecule has 0 unspecified atom stereocenters. The summed E-state index contributed by atoms with van der Waals surface area (Å²) in [5, 5.41) is 0. The van der Waals surface area contributed by atoms with E-state index in [9.17, 15) is 14.4 Å². The second-order valence-electron chi connectivity index (χ2n) is 7.66. The molecule has 3 aromatic rings. The van der Waals surface area contributed by atoms with Gasteiger partial charge in [-0.2, -0.15) is 0 Å². The normalized spacial score (nSPS) is 10.3. The largest absolute Gasteiger partial charge is 1.20 e. The maximum Gasteiger partial charge on any atom is 1.20 e. The minimum Gasteiger partial charge on any atom is -0.547 e. The molecule has 3 rings (SSSR count). The van der Waals surface area contributed by atoms with Crippen molar-refractivity contribution in [2.24, 2.45) is 0 Å². The molecule has 34 heavy (non-hydrogen) atoms. The van der Waals surface area contributed by atoms with Crippen LogP contribution in [-0.4, -0.2) is 33.1 Å². The fraction of sp³-hybridized carbons (Fsp3) is 0.222. The quantitative estimate of drug-likeness (QED) is 0.395. The predicted molar refractivity (Wildman–Crippen MR) is 129 cm³/mol. The first-order valence-electron chi connectivity index (χ1n) is 11.3. The van der Waals surface area contributed by atoms with Crippen LogP contribution in [0.15, 0.2) is 72.8 Å². The summed E-state index contributed by atoms with van der Waals surface area (Å²) in [6.45, 7) is 6.03. The maximum atomic E-state index is 12.7. The van der Waals surface area contributed by atoms with Crippen LogP contribution in [0.1, 0.15) is 68.5 Å². The molecule has 0 aromatic heterocycles. The smallest absolute Gasteiger partial charge is 0.547 e. The summed E-state index contributed by atoms with van der Waals surface area (Å²) < 4.78 is 16.2. The minimum absolute atomic E-state index is 0.279. The molecule has 0 amide bonds. The zero-order valence-electron chi connectivity index (χ0n) is 19.6. The van der Waals surface area contributed by atoms with Gasteiger partial charge < -0.3 is 11.4 Å². The van der Waals surface area contributed by atoms with E-state index >= 15 is 0 Å². The number of benzene rings is 3. The molecule has 0 heterocycles. The fourth-order valence-electron chi connectivity index (χ4n) is 3.17. The molecule has 0 fully saturated rings. The van der Waals surface area contributed by atoms with Gasteiger partial charge in [0.25, 0.3) is 0 Å². The van der Waals surface area contributed by atoms with Crippen molar-refractivity contribution in [1.82, 2.24) is 0 Å². The lowest BCUT2D eigenvalue weighted by Crippen LogP contribution is -2.35. The Morgan fingerprint density at radius 2 is 0.735 bits per heavy atom. The van der Waals surface area contributed by atoms with Crippen molar-refractivity contribution in [3.8, 4) is 0 Å². The summed E-state index contributed by atoms with van der Waals surface area (Å²) in [4.78, 5) is 38.1. The lowest BCUT2D eigenvalue weighted by Gasteiger charge is -2.14. The van der Waals surface area contributed by atoms with Gasteiger partial charge in [-0.05, 0) is 72.4 Å². The molecular weight excluding hydrogens is 447 g/mol. The van der Waals surface area contributed by atoms with Crippen LogP contribution in [0, 0.1) is 0 Å². The van der Waals surface area contributed by atoms with Gasteiger partial charge in [0.1, 0.15) is 0 Å². The van der Waals surface area contributed by atoms with Gasteiger partial charge in [0.2, 0.25) is 0 Å². The third-order valence-electron chi connectivity index (χ3n) is 5.40. The Balaban J connectivity index is 1.77. The highest BCUT2D eigenvalue weighted by Crippen LogP contribution is 2.13. The Kier molecular flexibility index (Phi) is 9.03. The van der Waals surface area contributed by atoms with E-state index in [-0.39, 0.29) is 16.7 Å². The van der Waals surface area contributed by atoms with Crippen LogP contribution in [-0.2, 0) is 30.6 Å². The van der Waals surface area contributed by atoms with Crippen molar-refractivity contribution >= 4 is 33.1 Å². The summed E-state index contributed by atoms with van der Waals surface area (Å²) in [6, 6.07) is 20.7. The molecule has 0 saturated heterocycles. The van der Waals surface area contributed by atoms with Crippen LogP contribution in [0.5, 0.6) is 0 Å². The van der Waals surface area contributed by atoms with E-state index in [0.29, 0.717) is 0 Å². The molecular formula is C27H27AlO6. The van der Waals surface area contributed by atoms with E-state index in [4.69, 9.17) is 11.4 Å². The standard InChI is InChI=1S/3C9H10O2.Al/c3*1-2-7-3-5-8(6-4-7)9(10)11;/h3*3-6H,2H2,1H3,(H,10,11);/q;;;+3/p-3. The zero-order chi connectivity index (χ0) is 24.5. The molecule has 0 bridgehead atoms. The summed E-state index contributed by atoms with van der Waals surface area (Å²) in [5.41, 5.74) is 4.03. The third kappa shape index (κ3) is 6.80. The van der Waals surface area contributed by atoms with Gasteiger partial charge in [0.05, 0.1) is 16.7 Å². The molecule has 7 heteroatoms. The van der Waals surface area contributed by atoms with Crippen LogP contribution in [0.25, 0.3) is 0 Å². The Morgan fingerprint density at radius 3 is 0.941 bits per heavy atom. The van der Waals surface area contributed by atoms with Gasteiger partial charge in [0, 0.05) is 0 Å². The number of aryl methyl sites for hydroxylation is 3. The molecule has 0 spiro atoms. The van der Waals surface area contributed by atoms with Crippen LogP contribution in [0.3, 0.4) is 0 Å². The lowest BCUT2D eigenvalue weighted by molar-refractivity contribution is 0.0410. The monoisotopic (exact) mass is 474 g/mol. The minimum atomic E-state index is -3.52. The van der Waals surface area contributed by atoms with Crippen molar-refractivity contribution in [3.63, 3.8) is 0 Å². The topological polar surface area (TPSA) is 78.9 Å². The molecule has 0 radical (unpaired) electrons. The van der Waals surface area contributed by atoms with Crippen LogP contribution >= 0.6 is 0 Å². The second-order valence-corrected chi connectivity index (χ2v) is 8.94. The highest BCUT2D eigenvalue weighted by molar-refractivity contribution is 6.45. The van der Waals surface area contributed by atoms with Gasteiger partial charge >= 0.3 is 33.1 Å². The number of carbonyl (C=O) groups is 3. The molecule has 0 aliphatic heterocycles. The van der Waals surface area contributed by atoms with E-state index < -0.39 is 33.1 Å². The molecule has 0 aliphatic carbocycles. The summed E-state index contributed by atoms with van der Waals surface area (Å²) in [6.07, 6.45) is 2.49. The average Bonchev–Trinajstić information content (AvgIpc) is 2.88. The SMILES string of the molecule is CCc1ccc(C(=O)[O][Al]([O]C(=O)c2ccc(CC)cc2)[O]C(=O)c2ccc(CC)cc2)cc1. The summed E-state index contributed by atoms with van der Waals surface area (Å²) >= 11 is -3.52. The first-order chi connectivity index (χ1) is 16.4. The zero-order valence-corrected chi connectivity index (χ0v) is 20.7. The van der Waals surface area contributed by atoms with Crippen molar-refractivity contribution in [1.29, 1.82) is 0 Å². The van der Waals surface area contributed by atoms with Crippen molar-refractivity contribution in [2.45, 2.75) is 40.0 Å². The van der Waals surface area contributed by atoms with E-state index in [0.717, 1.165) is 36.0 Å². The van der Waals surface area contributed by atoms with E-state index in [1.165, 1.54) is 0 Å². The molecule has 6 nitrogen and oxygen atoms in total. The molecule has 3 aromatic carbocycles. The molecule has 0 N–H and O–H groups in total. The van der Waals surface area contributed by atoms with Gasteiger partial charge in [-0.3, -0.25) is 0 Å². The van der Waals surface area contributed by atoms with Crippen LogP contribution in [0.4, 0.5) is 0 Å². The average molecular weight is 474 g/mol. The second kappa shape index (κ2) is 12.2. The van der Waals surface area contributed by atoms with E-state index in [2.05, 4.69) is 0 Å². The van der Waals surface area contributed by atoms with Gasteiger partial charge in [-0.15, -0.1) is 0 Å². The van der Waals surface area contributed by atoms with E-state index in [1.807, 2.05) is 57.2 Å². The summed E-state index contributed by atoms with van der Waals surface area (Å²) in [5.74, 6) is -2.16. The third-order valence-corrected chi connectivity index (χ3v) is 6.62. The van der Waals surface area contributed by atoms with Crippen LogP contribution < -0.4 is 0 Å². The van der Waals surface area contributed by atoms with Crippen molar-refractivity contribution in [3.05, 3.63) is 106 Å². The first kappa shape index (κ1) is 25.2. The number of carbonyl (C=O) groups excluding carboxylic acids is 3. The Hall–Kier alpha value is -3.40. The van der Waals surface area contributed by atoms with Gasteiger partial charge in [-0.1, -0.05) is 57.2 Å².